The minimum atomic E-state index is 0.622. The molecule has 21 rings (SSSR count). The molecule has 0 spiro atoms. The molecule has 0 radical (unpaired) electrons. The summed E-state index contributed by atoms with van der Waals surface area (Å²) >= 11 is 0. The van der Waals surface area contributed by atoms with Crippen molar-refractivity contribution < 1.29 is 8.83 Å². The van der Waals surface area contributed by atoms with Crippen LogP contribution in [0.25, 0.3) is 211 Å². The molecule has 0 saturated heterocycles. The molecule has 0 atom stereocenters. The quantitative estimate of drug-likeness (QED) is 0.118. The fourth-order valence-electron chi connectivity index (χ4n) is 15.4. The number of rotatable bonds is 11. The van der Waals surface area contributed by atoms with E-state index in [9.17, 15) is 0 Å². The zero-order valence-corrected chi connectivity index (χ0v) is 58.3. The number of furan rings is 2. The molecule has 6 aromatic heterocycles. The molecule has 0 fully saturated rings. The molecule has 0 bridgehead atoms. The zero-order valence-electron chi connectivity index (χ0n) is 58.3. The second-order valence-corrected chi connectivity index (χ2v) is 27.1. The van der Waals surface area contributed by atoms with Crippen LogP contribution in [-0.4, -0.2) is 29.9 Å². The van der Waals surface area contributed by atoms with Crippen molar-refractivity contribution in [1.29, 1.82) is 0 Å². The number of fused-ring (bicyclic) bond motifs is 14. The summed E-state index contributed by atoms with van der Waals surface area (Å²) < 4.78 is 12.8. The topological polar surface area (TPSA) is 104 Å². The molecular formula is C100H62N6O2. The predicted octanol–water partition coefficient (Wildman–Crippen LogP) is 26.5. The number of nitrogens with zero attached hydrogens (tertiary/aromatic N) is 6. The maximum Gasteiger partial charge on any atom is 0.162 e. The van der Waals surface area contributed by atoms with Crippen LogP contribution in [0, 0.1) is 0 Å². The summed E-state index contributed by atoms with van der Waals surface area (Å²) in [4.78, 5) is 31.7. The van der Waals surface area contributed by atoms with Crippen molar-refractivity contribution in [2.75, 3.05) is 0 Å². The molecule has 8 heteroatoms. The normalized spacial score (nSPS) is 11.5. The summed E-state index contributed by atoms with van der Waals surface area (Å²) in [7, 11) is 0. The second-order valence-electron chi connectivity index (χ2n) is 27.1. The van der Waals surface area contributed by atoms with Crippen LogP contribution in [0.4, 0.5) is 0 Å². The van der Waals surface area contributed by atoms with Gasteiger partial charge in [-0.15, -0.1) is 0 Å². The summed E-state index contributed by atoms with van der Waals surface area (Å²) in [6, 6.07) is 130. The van der Waals surface area contributed by atoms with Crippen LogP contribution in [0.2, 0.25) is 0 Å². The summed E-state index contributed by atoms with van der Waals surface area (Å²) in [5, 5.41) is 10.9. The molecule has 0 aliphatic heterocycles. The molecule has 0 unspecified atom stereocenters. The first-order valence-corrected chi connectivity index (χ1v) is 36.3. The van der Waals surface area contributed by atoms with E-state index in [0.717, 1.165) is 194 Å². The van der Waals surface area contributed by atoms with E-state index in [-0.39, 0.29) is 0 Å². The van der Waals surface area contributed by atoms with Gasteiger partial charge in [0.25, 0.3) is 0 Å². The molecule has 0 aliphatic rings. The molecule has 504 valence electrons. The first-order chi connectivity index (χ1) is 53.5. The Kier molecular flexibility index (Phi) is 15.7. The number of aromatic nitrogens is 6. The lowest BCUT2D eigenvalue weighted by Crippen LogP contribution is -1.98. The first-order valence-electron chi connectivity index (χ1n) is 36.3. The minimum Gasteiger partial charge on any atom is -0.456 e. The van der Waals surface area contributed by atoms with Gasteiger partial charge in [-0.3, -0.25) is 0 Å². The van der Waals surface area contributed by atoms with Crippen molar-refractivity contribution in [2.45, 2.75) is 0 Å². The van der Waals surface area contributed by atoms with Crippen LogP contribution >= 0.6 is 0 Å². The average molecular weight is 1380 g/mol. The highest BCUT2D eigenvalue weighted by Gasteiger charge is 2.24. The fraction of sp³-hybridized carbons (Fsp3) is 0. The van der Waals surface area contributed by atoms with Crippen molar-refractivity contribution in [3.63, 3.8) is 0 Å². The minimum absolute atomic E-state index is 0.622. The Morgan fingerprint density at radius 3 is 0.972 bits per heavy atom. The Hall–Kier alpha value is -14.6. The van der Waals surface area contributed by atoms with Gasteiger partial charge in [0.1, 0.15) is 22.3 Å². The Morgan fingerprint density at radius 2 is 0.500 bits per heavy atom. The standard InChI is InChI=1S/C53H33N3O.C47H29N3O/c1-4-14-34(15-5-1)39-20-12-21-40(32-39)46-33-45(54-53(55-46)38-18-8-3-9-19-38)36-28-26-35(27-29-36)41-23-13-24-43-49-44(51(56-52(41)43)37-16-6-2-7-17-37)30-31-48-50(49)42-22-10-11-25-47(42)57-48;1-4-14-30(15-5-1)33-20-12-21-34(28-33)40-29-39(31-16-6-2-7-17-31)48-47(49-40)38-24-13-23-36-43-37(45(50-46(36)38)32-18-8-3-9-19-32)26-27-42-44(43)35-22-10-11-25-41(35)51-42/h1-33H;1-29H. The van der Waals surface area contributed by atoms with E-state index in [1.54, 1.807) is 0 Å². The van der Waals surface area contributed by atoms with Crippen LogP contribution in [0.15, 0.2) is 385 Å². The van der Waals surface area contributed by atoms with Crippen molar-refractivity contribution in [2.24, 2.45) is 0 Å². The van der Waals surface area contributed by atoms with Gasteiger partial charge in [0, 0.05) is 104 Å². The average Bonchev–Trinajstić information content (AvgIpc) is 1.50. The predicted molar refractivity (Wildman–Crippen MR) is 444 cm³/mol. The maximum absolute atomic E-state index is 6.40. The summed E-state index contributed by atoms with van der Waals surface area (Å²) in [5.74, 6) is 1.31. The molecule has 15 aromatic carbocycles. The van der Waals surface area contributed by atoms with E-state index >= 15 is 0 Å². The van der Waals surface area contributed by atoms with Gasteiger partial charge in [0.05, 0.1) is 45.2 Å². The molecule has 8 nitrogen and oxygen atoms in total. The van der Waals surface area contributed by atoms with Gasteiger partial charge in [-0.05, 0) is 94.5 Å². The van der Waals surface area contributed by atoms with Gasteiger partial charge < -0.3 is 8.83 Å². The summed E-state index contributed by atoms with van der Waals surface area (Å²) in [5.41, 5.74) is 25.4. The van der Waals surface area contributed by atoms with Gasteiger partial charge in [-0.25, -0.2) is 29.9 Å². The molecule has 0 N–H and O–H groups in total. The molecule has 6 heterocycles. The molecule has 0 aliphatic carbocycles. The Bertz CT molecular complexity index is 7010. The van der Waals surface area contributed by atoms with E-state index in [2.05, 4.69) is 291 Å². The molecule has 0 amide bonds. The third-order valence-electron chi connectivity index (χ3n) is 20.6. The van der Waals surface area contributed by atoms with E-state index in [1.807, 2.05) is 84.9 Å². The van der Waals surface area contributed by atoms with Gasteiger partial charge >= 0.3 is 0 Å². The lowest BCUT2D eigenvalue weighted by atomic mass is 9.93. The van der Waals surface area contributed by atoms with Gasteiger partial charge in [0.15, 0.2) is 11.6 Å². The van der Waals surface area contributed by atoms with E-state index in [0.29, 0.717) is 11.6 Å². The molecular weight excluding hydrogens is 1320 g/mol. The van der Waals surface area contributed by atoms with Crippen molar-refractivity contribution in [3.8, 4) is 124 Å². The smallest absolute Gasteiger partial charge is 0.162 e. The lowest BCUT2D eigenvalue weighted by molar-refractivity contribution is 0.669. The number of hydrogen-bond donors (Lipinski definition) is 0. The van der Waals surface area contributed by atoms with Gasteiger partial charge in [-0.2, -0.15) is 0 Å². The van der Waals surface area contributed by atoms with E-state index < -0.39 is 0 Å². The third kappa shape index (κ3) is 11.5. The summed E-state index contributed by atoms with van der Waals surface area (Å²) in [6.45, 7) is 0. The highest BCUT2D eigenvalue weighted by atomic mass is 16.3. The number of benzene rings is 15. The molecule has 108 heavy (non-hydrogen) atoms. The van der Waals surface area contributed by atoms with E-state index in [4.69, 9.17) is 38.7 Å². The van der Waals surface area contributed by atoms with Crippen LogP contribution < -0.4 is 0 Å². The zero-order chi connectivity index (χ0) is 71.4. The van der Waals surface area contributed by atoms with Crippen molar-refractivity contribution in [3.05, 3.63) is 376 Å². The number of pyridine rings is 2. The van der Waals surface area contributed by atoms with Crippen molar-refractivity contribution >= 4 is 87.2 Å². The van der Waals surface area contributed by atoms with Crippen LogP contribution in [0.1, 0.15) is 0 Å². The van der Waals surface area contributed by atoms with Crippen molar-refractivity contribution in [1.82, 2.24) is 29.9 Å². The van der Waals surface area contributed by atoms with Crippen LogP contribution in [-0.2, 0) is 0 Å². The van der Waals surface area contributed by atoms with Gasteiger partial charge in [0.2, 0.25) is 0 Å². The highest BCUT2D eigenvalue weighted by molar-refractivity contribution is 6.30. The van der Waals surface area contributed by atoms with Crippen LogP contribution in [0.5, 0.6) is 0 Å². The molecule has 0 saturated carbocycles. The molecule has 21 aromatic rings. The SMILES string of the molecule is c1ccc(-c2cccc(-c3cc(-c4ccc(-c5cccc6c5nc(-c5ccccc5)c5ccc7oc8ccccc8c7c56)cc4)nc(-c4ccccc4)n3)c2)cc1.c1ccc(-c2cccc(-c3cc(-c4ccccc4)nc(-c4cccc5c4nc(-c4ccccc4)c4ccc6oc7ccccc7c6c45)n3)c2)cc1. The summed E-state index contributed by atoms with van der Waals surface area (Å²) in [6.07, 6.45) is 0. The maximum atomic E-state index is 6.40. The monoisotopic (exact) mass is 1380 g/mol. The lowest BCUT2D eigenvalue weighted by Gasteiger charge is -2.15. The fourth-order valence-corrected chi connectivity index (χ4v) is 15.4. The Labute approximate surface area is 621 Å². The van der Waals surface area contributed by atoms with E-state index in [1.165, 1.54) is 5.56 Å². The van der Waals surface area contributed by atoms with Gasteiger partial charge in [-0.1, -0.05) is 309 Å². The number of hydrogen-bond acceptors (Lipinski definition) is 8. The first kappa shape index (κ1) is 63.1. The highest BCUT2D eigenvalue weighted by Crippen LogP contribution is 2.46. The second kappa shape index (κ2) is 26.9. The number of para-hydroxylation sites is 4. The third-order valence-corrected chi connectivity index (χ3v) is 20.6. The Balaban J connectivity index is 0.000000143. The largest absolute Gasteiger partial charge is 0.456 e. The van der Waals surface area contributed by atoms with Crippen LogP contribution in [0.3, 0.4) is 0 Å². The Morgan fingerprint density at radius 1 is 0.167 bits per heavy atom.